The molecule has 1 aromatic heterocycles. The van der Waals surface area contributed by atoms with E-state index < -0.39 is 12.1 Å². The zero-order valence-electron chi connectivity index (χ0n) is 17.0. The SMILES string of the molecule is CN1C(=O)C2(CCN(Cc3ccccn3)CC2)C1c1ccccc1.O=C(O)C(F)(F)F. The van der Waals surface area contributed by atoms with Gasteiger partial charge in [-0.15, -0.1) is 0 Å². The number of nitrogens with zero attached hydrogens (tertiary/aromatic N) is 3. The molecule has 31 heavy (non-hydrogen) atoms. The van der Waals surface area contributed by atoms with E-state index >= 15 is 0 Å². The van der Waals surface area contributed by atoms with Gasteiger partial charge in [0.25, 0.3) is 0 Å². The van der Waals surface area contributed by atoms with Crippen molar-refractivity contribution in [1.82, 2.24) is 14.8 Å². The fourth-order valence-electron chi connectivity index (χ4n) is 4.39. The number of aliphatic carboxylic acids is 1. The molecule has 1 atom stereocenters. The zero-order valence-corrected chi connectivity index (χ0v) is 17.0. The van der Waals surface area contributed by atoms with Gasteiger partial charge in [0.2, 0.25) is 5.91 Å². The predicted molar refractivity (Wildman–Crippen MR) is 107 cm³/mol. The lowest BCUT2D eigenvalue weighted by molar-refractivity contribution is -0.192. The van der Waals surface area contributed by atoms with Crippen LogP contribution in [0.2, 0.25) is 0 Å². The standard InChI is InChI=1S/C20H23N3O.C2HF3O2/c1-22-18(16-7-3-2-4-8-16)20(19(22)24)10-13-23(14-11-20)15-17-9-5-6-12-21-17;3-2(4,5)1(6)7/h2-9,12,18H,10-11,13-15H2,1H3;(H,6,7). The minimum Gasteiger partial charge on any atom is -0.475 e. The molecule has 3 heterocycles. The Morgan fingerprint density at radius 1 is 1.13 bits per heavy atom. The number of carbonyl (C=O) groups excluding carboxylic acids is 1. The van der Waals surface area contributed by atoms with Crippen molar-refractivity contribution in [2.75, 3.05) is 20.1 Å². The summed E-state index contributed by atoms with van der Waals surface area (Å²) in [4.78, 5) is 30.3. The topological polar surface area (TPSA) is 73.7 Å². The maximum Gasteiger partial charge on any atom is 0.490 e. The van der Waals surface area contributed by atoms with Gasteiger partial charge in [-0.1, -0.05) is 36.4 Å². The second-order valence-electron chi connectivity index (χ2n) is 7.79. The highest BCUT2D eigenvalue weighted by atomic mass is 19.4. The highest BCUT2D eigenvalue weighted by molar-refractivity contribution is 5.90. The molecule has 166 valence electrons. The fourth-order valence-corrected chi connectivity index (χ4v) is 4.39. The van der Waals surface area contributed by atoms with Gasteiger partial charge in [0.1, 0.15) is 0 Å². The normalized spacial score (nSPS) is 20.6. The second kappa shape index (κ2) is 9.05. The molecule has 1 aromatic carbocycles. The number of halogens is 3. The van der Waals surface area contributed by atoms with Crippen LogP contribution in [0.4, 0.5) is 13.2 Å². The molecule has 0 aliphatic carbocycles. The maximum atomic E-state index is 12.7. The fraction of sp³-hybridized carbons (Fsp3) is 0.409. The molecule has 0 saturated carbocycles. The summed E-state index contributed by atoms with van der Waals surface area (Å²) >= 11 is 0. The Balaban J connectivity index is 0.000000339. The van der Waals surface area contributed by atoms with Crippen LogP contribution in [-0.4, -0.2) is 58.1 Å². The number of hydrogen-bond acceptors (Lipinski definition) is 4. The van der Waals surface area contributed by atoms with Crippen LogP contribution in [0.5, 0.6) is 0 Å². The van der Waals surface area contributed by atoms with Crippen LogP contribution in [0.1, 0.15) is 30.1 Å². The van der Waals surface area contributed by atoms with Crippen LogP contribution in [0.3, 0.4) is 0 Å². The Hall–Kier alpha value is -2.94. The minimum atomic E-state index is -5.08. The van der Waals surface area contributed by atoms with Crippen molar-refractivity contribution >= 4 is 11.9 Å². The van der Waals surface area contributed by atoms with E-state index in [4.69, 9.17) is 9.90 Å². The van der Waals surface area contributed by atoms with Crippen LogP contribution in [-0.2, 0) is 16.1 Å². The first-order chi connectivity index (χ1) is 14.6. The number of carbonyl (C=O) groups is 2. The molecular formula is C22H24F3N3O3. The van der Waals surface area contributed by atoms with Crippen LogP contribution in [0, 0.1) is 5.41 Å². The lowest BCUT2D eigenvalue weighted by atomic mass is 9.62. The van der Waals surface area contributed by atoms with E-state index in [2.05, 4.69) is 40.2 Å². The van der Waals surface area contributed by atoms with Crippen molar-refractivity contribution in [1.29, 1.82) is 0 Å². The van der Waals surface area contributed by atoms with Crippen LogP contribution in [0.15, 0.2) is 54.7 Å². The number of likely N-dealkylation sites (tertiary alicyclic amines) is 2. The molecule has 9 heteroatoms. The van der Waals surface area contributed by atoms with Crippen molar-refractivity contribution in [3.8, 4) is 0 Å². The molecule has 1 unspecified atom stereocenters. The van der Waals surface area contributed by atoms with Gasteiger partial charge in [-0.05, 0) is 43.6 Å². The first-order valence-corrected chi connectivity index (χ1v) is 9.90. The third kappa shape index (κ3) is 4.87. The summed E-state index contributed by atoms with van der Waals surface area (Å²) < 4.78 is 31.7. The smallest absolute Gasteiger partial charge is 0.475 e. The van der Waals surface area contributed by atoms with E-state index in [1.54, 1.807) is 0 Å². The molecule has 6 nitrogen and oxygen atoms in total. The van der Waals surface area contributed by atoms with Gasteiger partial charge in [-0.2, -0.15) is 13.2 Å². The van der Waals surface area contributed by atoms with Gasteiger partial charge in [-0.25, -0.2) is 4.79 Å². The predicted octanol–water partition coefficient (Wildman–Crippen LogP) is 3.51. The van der Waals surface area contributed by atoms with Gasteiger partial charge < -0.3 is 10.0 Å². The number of pyridine rings is 1. The molecule has 1 spiro atoms. The summed E-state index contributed by atoms with van der Waals surface area (Å²) in [5.41, 5.74) is 2.17. The zero-order chi connectivity index (χ0) is 22.6. The molecule has 1 amide bonds. The maximum absolute atomic E-state index is 12.7. The molecule has 2 fully saturated rings. The van der Waals surface area contributed by atoms with E-state index in [1.807, 2.05) is 36.3 Å². The molecule has 2 aromatic rings. The lowest BCUT2D eigenvalue weighted by Gasteiger charge is -2.58. The van der Waals surface area contributed by atoms with Crippen LogP contribution < -0.4 is 0 Å². The Morgan fingerprint density at radius 2 is 1.71 bits per heavy atom. The monoisotopic (exact) mass is 435 g/mol. The first kappa shape index (κ1) is 22.7. The van der Waals surface area contributed by atoms with Gasteiger partial charge >= 0.3 is 12.1 Å². The Bertz CT molecular complexity index is 898. The number of benzene rings is 1. The Morgan fingerprint density at radius 3 is 2.23 bits per heavy atom. The molecule has 0 bridgehead atoms. The summed E-state index contributed by atoms with van der Waals surface area (Å²) in [5, 5.41) is 7.12. The van der Waals surface area contributed by atoms with Gasteiger partial charge in [0.15, 0.2) is 0 Å². The summed E-state index contributed by atoms with van der Waals surface area (Å²) in [6.45, 7) is 2.79. The molecule has 2 saturated heterocycles. The molecule has 2 aliphatic rings. The van der Waals surface area contributed by atoms with Gasteiger partial charge in [0, 0.05) is 19.8 Å². The van der Waals surface area contributed by atoms with E-state index in [1.165, 1.54) is 5.56 Å². The lowest BCUT2D eigenvalue weighted by Crippen LogP contribution is -2.64. The summed E-state index contributed by atoms with van der Waals surface area (Å²) in [6.07, 6.45) is -1.37. The first-order valence-electron chi connectivity index (χ1n) is 9.90. The molecular weight excluding hydrogens is 411 g/mol. The van der Waals surface area contributed by atoms with Crippen molar-refractivity contribution in [3.63, 3.8) is 0 Å². The van der Waals surface area contributed by atoms with E-state index in [0.717, 1.165) is 38.2 Å². The molecule has 2 aliphatic heterocycles. The number of aromatic nitrogens is 1. The summed E-state index contributed by atoms with van der Waals surface area (Å²) in [5.74, 6) is -2.44. The molecule has 0 radical (unpaired) electrons. The highest BCUT2D eigenvalue weighted by Gasteiger charge is 2.59. The largest absolute Gasteiger partial charge is 0.490 e. The number of rotatable bonds is 3. The van der Waals surface area contributed by atoms with Crippen LogP contribution in [0.25, 0.3) is 0 Å². The summed E-state index contributed by atoms with van der Waals surface area (Å²) in [7, 11) is 1.94. The second-order valence-corrected chi connectivity index (χ2v) is 7.79. The number of amides is 1. The van der Waals surface area contributed by atoms with E-state index in [9.17, 15) is 18.0 Å². The average Bonchev–Trinajstić information content (AvgIpc) is 2.76. The third-order valence-electron chi connectivity index (χ3n) is 5.87. The molecule has 1 N–H and O–H groups in total. The van der Waals surface area contributed by atoms with Crippen molar-refractivity contribution in [3.05, 3.63) is 66.0 Å². The van der Waals surface area contributed by atoms with Crippen molar-refractivity contribution in [2.24, 2.45) is 5.41 Å². The number of carboxylic acid groups (broad SMARTS) is 1. The van der Waals surface area contributed by atoms with Crippen molar-refractivity contribution in [2.45, 2.75) is 31.6 Å². The van der Waals surface area contributed by atoms with E-state index in [-0.39, 0.29) is 11.5 Å². The number of piperidine rings is 1. The van der Waals surface area contributed by atoms with Gasteiger partial charge in [0.05, 0.1) is 17.2 Å². The Labute approximate surface area is 178 Å². The highest BCUT2D eigenvalue weighted by Crippen LogP contribution is 2.55. The summed E-state index contributed by atoms with van der Waals surface area (Å²) in [6, 6.07) is 16.7. The third-order valence-corrected chi connectivity index (χ3v) is 5.87. The number of carboxylic acids is 1. The molecule has 4 rings (SSSR count). The van der Waals surface area contributed by atoms with Gasteiger partial charge in [-0.3, -0.25) is 14.7 Å². The Kier molecular flexibility index (Phi) is 6.64. The number of alkyl halides is 3. The van der Waals surface area contributed by atoms with Crippen molar-refractivity contribution < 1.29 is 27.9 Å². The number of β-lactam (4-membered cyclic amide) rings is 1. The average molecular weight is 435 g/mol. The number of hydrogen-bond donors (Lipinski definition) is 1. The minimum absolute atomic E-state index is 0.198. The quantitative estimate of drug-likeness (QED) is 0.747. The van der Waals surface area contributed by atoms with E-state index in [0.29, 0.717) is 5.91 Å². The van der Waals surface area contributed by atoms with Crippen LogP contribution >= 0.6 is 0 Å².